The number of methoxy groups -OCH3 is 1. The summed E-state index contributed by atoms with van der Waals surface area (Å²) in [5.41, 5.74) is 6.02. The van der Waals surface area contributed by atoms with Gasteiger partial charge in [-0.25, -0.2) is 0 Å². The SMILES string of the molecule is COc1cc(CNC2Cc3ccccc3C2)cc2cc(-c3ccccc3)oc12. The van der Waals surface area contributed by atoms with Gasteiger partial charge in [0.1, 0.15) is 5.76 Å². The van der Waals surface area contributed by atoms with Crippen molar-refractivity contribution in [1.29, 1.82) is 0 Å². The average Bonchev–Trinajstić information content (AvgIpc) is 3.36. The molecular formula is C25H23NO2. The monoisotopic (exact) mass is 369 g/mol. The lowest BCUT2D eigenvalue weighted by atomic mass is 10.1. The Bertz CT molecular complexity index is 1090. The van der Waals surface area contributed by atoms with Gasteiger partial charge >= 0.3 is 0 Å². The highest BCUT2D eigenvalue weighted by molar-refractivity contribution is 5.88. The third-order valence-corrected chi connectivity index (χ3v) is 5.57. The summed E-state index contributed by atoms with van der Waals surface area (Å²) in [7, 11) is 1.70. The molecule has 1 N–H and O–H groups in total. The van der Waals surface area contributed by atoms with Gasteiger partial charge in [-0.15, -0.1) is 0 Å². The first-order valence-corrected chi connectivity index (χ1v) is 9.76. The Morgan fingerprint density at radius 3 is 2.36 bits per heavy atom. The Labute approximate surface area is 165 Å². The van der Waals surface area contributed by atoms with E-state index in [1.54, 1.807) is 7.11 Å². The number of benzene rings is 3. The predicted octanol–water partition coefficient (Wildman–Crippen LogP) is 5.37. The van der Waals surface area contributed by atoms with Gasteiger partial charge in [0, 0.05) is 23.5 Å². The fourth-order valence-corrected chi connectivity index (χ4v) is 4.14. The normalized spacial score (nSPS) is 13.8. The summed E-state index contributed by atoms with van der Waals surface area (Å²) < 4.78 is 11.7. The van der Waals surface area contributed by atoms with Crippen LogP contribution in [-0.2, 0) is 19.4 Å². The van der Waals surface area contributed by atoms with E-state index in [0.717, 1.165) is 47.4 Å². The largest absolute Gasteiger partial charge is 0.493 e. The molecule has 0 spiro atoms. The minimum atomic E-state index is 0.489. The van der Waals surface area contributed by atoms with Gasteiger partial charge in [0.2, 0.25) is 0 Å². The molecule has 0 unspecified atom stereocenters. The average molecular weight is 369 g/mol. The maximum Gasteiger partial charge on any atom is 0.176 e. The molecule has 1 aliphatic carbocycles. The molecular weight excluding hydrogens is 346 g/mol. The number of hydrogen-bond acceptors (Lipinski definition) is 3. The second-order valence-corrected chi connectivity index (χ2v) is 7.45. The van der Waals surface area contributed by atoms with Crippen molar-refractivity contribution in [2.24, 2.45) is 0 Å². The van der Waals surface area contributed by atoms with E-state index in [1.807, 2.05) is 18.2 Å². The first-order valence-electron chi connectivity index (χ1n) is 9.76. The highest BCUT2D eigenvalue weighted by atomic mass is 16.5. The van der Waals surface area contributed by atoms with Crippen molar-refractivity contribution in [3.8, 4) is 17.1 Å². The van der Waals surface area contributed by atoms with Crippen molar-refractivity contribution in [3.05, 3.63) is 89.5 Å². The smallest absolute Gasteiger partial charge is 0.176 e. The molecule has 3 heteroatoms. The third-order valence-electron chi connectivity index (χ3n) is 5.57. The van der Waals surface area contributed by atoms with Gasteiger partial charge in [0.15, 0.2) is 11.3 Å². The summed E-state index contributed by atoms with van der Waals surface area (Å²) in [6.07, 6.45) is 2.19. The van der Waals surface area contributed by atoms with Gasteiger partial charge < -0.3 is 14.5 Å². The molecule has 0 amide bonds. The second-order valence-electron chi connectivity index (χ2n) is 7.45. The molecule has 4 aromatic rings. The lowest BCUT2D eigenvalue weighted by Crippen LogP contribution is -2.28. The summed E-state index contributed by atoms with van der Waals surface area (Å²) in [6, 6.07) is 25.8. The van der Waals surface area contributed by atoms with Crippen molar-refractivity contribution < 1.29 is 9.15 Å². The van der Waals surface area contributed by atoms with Gasteiger partial charge in [0.05, 0.1) is 7.11 Å². The Kier molecular flexibility index (Phi) is 4.38. The molecule has 1 aromatic heterocycles. The molecule has 0 saturated heterocycles. The fraction of sp³-hybridized carbons (Fsp3) is 0.200. The molecule has 28 heavy (non-hydrogen) atoms. The molecule has 5 rings (SSSR count). The standard InChI is InChI=1S/C25H23NO2/c1-27-24-12-17(16-26-22-13-19-9-5-6-10-20(19)14-22)11-21-15-23(28-25(21)24)18-7-3-2-4-8-18/h2-12,15,22,26H,13-14,16H2,1H3. The van der Waals surface area contributed by atoms with E-state index in [-0.39, 0.29) is 0 Å². The molecule has 1 aliphatic rings. The van der Waals surface area contributed by atoms with Crippen molar-refractivity contribution in [2.45, 2.75) is 25.4 Å². The molecule has 1 heterocycles. The Balaban J connectivity index is 1.38. The van der Waals surface area contributed by atoms with Crippen molar-refractivity contribution in [3.63, 3.8) is 0 Å². The molecule has 0 atom stereocenters. The maximum atomic E-state index is 6.11. The number of ether oxygens (including phenoxy) is 1. The van der Waals surface area contributed by atoms with E-state index in [1.165, 1.54) is 16.7 Å². The fourth-order valence-electron chi connectivity index (χ4n) is 4.14. The van der Waals surface area contributed by atoms with Crippen molar-refractivity contribution in [2.75, 3.05) is 7.11 Å². The van der Waals surface area contributed by atoms with Gasteiger partial charge in [-0.2, -0.15) is 0 Å². The van der Waals surface area contributed by atoms with E-state index in [9.17, 15) is 0 Å². The Hall–Kier alpha value is -3.04. The van der Waals surface area contributed by atoms with Crippen LogP contribution in [0, 0.1) is 0 Å². The summed E-state index contributed by atoms with van der Waals surface area (Å²) in [4.78, 5) is 0. The van der Waals surface area contributed by atoms with Crippen LogP contribution in [0.25, 0.3) is 22.3 Å². The van der Waals surface area contributed by atoms with Gasteiger partial charge in [-0.05, 0) is 47.7 Å². The van der Waals surface area contributed by atoms with Gasteiger partial charge in [0.25, 0.3) is 0 Å². The quantitative estimate of drug-likeness (QED) is 0.514. The van der Waals surface area contributed by atoms with Gasteiger partial charge in [-0.1, -0.05) is 54.6 Å². The van der Waals surface area contributed by atoms with E-state index in [2.05, 4.69) is 59.9 Å². The molecule has 3 aromatic carbocycles. The topological polar surface area (TPSA) is 34.4 Å². The zero-order valence-electron chi connectivity index (χ0n) is 15.9. The highest BCUT2D eigenvalue weighted by Crippen LogP contribution is 2.34. The summed E-state index contributed by atoms with van der Waals surface area (Å²) in [5, 5.41) is 4.79. The van der Waals surface area contributed by atoms with Crippen molar-refractivity contribution >= 4 is 11.0 Å². The number of fused-ring (bicyclic) bond motifs is 2. The van der Waals surface area contributed by atoms with E-state index in [4.69, 9.17) is 9.15 Å². The molecule has 140 valence electrons. The lowest BCUT2D eigenvalue weighted by molar-refractivity contribution is 0.410. The van der Waals surface area contributed by atoms with Crippen molar-refractivity contribution in [1.82, 2.24) is 5.32 Å². The zero-order valence-corrected chi connectivity index (χ0v) is 15.9. The number of furan rings is 1. The minimum absolute atomic E-state index is 0.489. The summed E-state index contributed by atoms with van der Waals surface area (Å²) in [6.45, 7) is 0.816. The number of rotatable bonds is 5. The Morgan fingerprint density at radius 1 is 0.929 bits per heavy atom. The third kappa shape index (κ3) is 3.19. The van der Waals surface area contributed by atoms with Crippen LogP contribution in [0.3, 0.4) is 0 Å². The summed E-state index contributed by atoms with van der Waals surface area (Å²) in [5.74, 6) is 1.65. The first-order chi connectivity index (χ1) is 13.8. The highest BCUT2D eigenvalue weighted by Gasteiger charge is 2.20. The van der Waals surface area contributed by atoms with Crippen LogP contribution in [0.2, 0.25) is 0 Å². The van der Waals surface area contributed by atoms with Crippen LogP contribution in [0.15, 0.2) is 77.2 Å². The first kappa shape index (κ1) is 17.1. The molecule has 0 saturated carbocycles. The number of hydrogen-bond donors (Lipinski definition) is 1. The van der Waals surface area contributed by atoms with E-state index >= 15 is 0 Å². The molecule has 0 fully saturated rings. The lowest BCUT2D eigenvalue weighted by Gasteiger charge is -2.13. The zero-order chi connectivity index (χ0) is 18.9. The minimum Gasteiger partial charge on any atom is -0.493 e. The predicted molar refractivity (Wildman–Crippen MR) is 113 cm³/mol. The van der Waals surface area contributed by atoms with E-state index in [0.29, 0.717) is 6.04 Å². The van der Waals surface area contributed by atoms with Gasteiger partial charge in [-0.3, -0.25) is 0 Å². The Morgan fingerprint density at radius 2 is 1.64 bits per heavy atom. The van der Waals surface area contributed by atoms with Crippen LogP contribution in [-0.4, -0.2) is 13.2 Å². The van der Waals surface area contributed by atoms with Crippen LogP contribution in [0.5, 0.6) is 5.75 Å². The molecule has 0 radical (unpaired) electrons. The van der Waals surface area contributed by atoms with Crippen LogP contribution in [0.1, 0.15) is 16.7 Å². The maximum absolute atomic E-state index is 6.11. The van der Waals surface area contributed by atoms with Crippen LogP contribution >= 0.6 is 0 Å². The molecule has 0 bridgehead atoms. The molecule has 3 nitrogen and oxygen atoms in total. The second kappa shape index (κ2) is 7.17. The summed E-state index contributed by atoms with van der Waals surface area (Å²) >= 11 is 0. The van der Waals surface area contributed by atoms with Crippen LogP contribution in [0.4, 0.5) is 0 Å². The van der Waals surface area contributed by atoms with E-state index < -0.39 is 0 Å². The van der Waals surface area contributed by atoms with Crippen LogP contribution < -0.4 is 10.1 Å². The number of nitrogens with one attached hydrogen (secondary N) is 1. The molecule has 0 aliphatic heterocycles.